The lowest BCUT2D eigenvalue weighted by atomic mass is 9.88. The van der Waals surface area contributed by atoms with E-state index in [1.165, 1.54) is 22.3 Å². The summed E-state index contributed by atoms with van der Waals surface area (Å²) in [5.41, 5.74) is 5.95. The van der Waals surface area contributed by atoms with Gasteiger partial charge in [0.05, 0.1) is 6.61 Å². The standard InChI is InChI=1S/C27H28N2O2/c1-2-31-25-15-13-24(14-16-25)28-27(30)29-19-17-23(18-20-29)26(21-9-5-3-6-10-21)22-11-7-4-8-12-22/h3-16H,2,17-20H2,1H3,(H,28,30). The monoisotopic (exact) mass is 412 g/mol. The molecule has 1 aliphatic rings. The fourth-order valence-corrected chi connectivity index (χ4v) is 4.02. The number of likely N-dealkylation sites (tertiary alicyclic amines) is 1. The summed E-state index contributed by atoms with van der Waals surface area (Å²) < 4.78 is 5.46. The molecule has 0 aromatic heterocycles. The molecule has 1 N–H and O–H groups in total. The molecule has 4 nitrogen and oxygen atoms in total. The predicted molar refractivity (Wildman–Crippen MR) is 126 cm³/mol. The zero-order chi connectivity index (χ0) is 21.5. The molecular weight excluding hydrogens is 384 g/mol. The van der Waals surface area contributed by atoms with E-state index in [2.05, 4.69) is 53.8 Å². The number of amides is 2. The fourth-order valence-electron chi connectivity index (χ4n) is 4.02. The van der Waals surface area contributed by atoms with E-state index in [1.807, 2.05) is 48.2 Å². The Hall–Kier alpha value is -3.53. The molecular formula is C27H28N2O2. The van der Waals surface area contributed by atoms with Crippen LogP contribution in [0.1, 0.15) is 30.9 Å². The van der Waals surface area contributed by atoms with E-state index in [4.69, 9.17) is 4.74 Å². The molecule has 4 rings (SSSR count). The number of rotatable bonds is 5. The van der Waals surface area contributed by atoms with Gasteiger partial charge in [0.25, 0.3) is 0 Å². The summed E-state index contributed by atoms with van der Waals surface area (Å²) in [4.78, 5) is 14.7. The van der Waals surface area contributed by atoms with Gasteiger partial charge < -0.3 is 15.0 Å². The summed E-state index contributed by atoms with van der Waals surface area (Å²) in [6.07, 6.45) is 1.74. The Balaban J connectivity index is 1.47. The second-order valence-electron chi connectivity index (χ2n) is 7.59. The van der Waals surface area contributed by atoms with Crippen molar-refractivity contribution in [3.05, 3.63) is 102 Å². The lowest BCUT2D eigenvalue weighted by Gasteiger charge is -2.30. The Kier molecular flexibility index (Phi) is 6.68. The molecule has 3 aromatic carbocycles. The molecule has 0 spiro atoms. The van der Waals surface area contributed by atoms with Gasteiger partial charge in [-0.25, -0.2) is 4.79 Å². The molecule has 3 aromatic rings. The predicted octanol–water partition coefficient (Wildman–Crippen LogP) is 6.22. The minimum Gasteiger partial charge on any atom is -0.494 e. The fraction of sp³-hybridized carbons (Fsp3) is 0.222. The van der Waals surface area contributed by atoms with E-state index >= 15 is 0 Å². The summed E-state index contributed by atoms with van der Waals surface area (Å²) in [6, 6.07) is 28.5. The Labute approximate surface area is 184 Å². The largest absolute Gasteiger partial charge is 0.494 e. The van der Waals surface area contributed by atoms with Crippen LogP contribution in [0.2, 0.25) is 0 Å². The highest BCUT2D eigenvalue weighted by Crippen LogP contribution is 2.32. The molecule has 4 heteroatoms. The number of anilines is 1. The molecule has 0 bridgehead atoms. The number of piperidine rings is 1. The normalized spacial score (nSPS) is 13.6. The van der Waals surface area contributed by atoms with Crippen LogP contribution in [0, 0.1) is 0 Å². The maximum atomic E-state index is 12.8. The van der Waals surface area contributed by atoms with Gasteiger partial charge in [-0.2, -0.15) is 0 Å². The second-order valence-corrected chi connectivity index (χ2v) is 7.59. The van der Waals surface area contributed by atoms with Gasteiger partial charge in [-0.3, -0.25) is 0 Å². The Bertz CT molecular complexity index is 976. The van der Waals surface area contributed by atoms with E-state index in [0.717, 1.165) is 24.3 Å². The number of hydrogen-bond donors (Lipinski definition) is 1. The number of benzene rings is 3. The summed E-state index contributed by atoms with van der Waals surface area (Å²) in [7, 11) is 0. The topological polar surface area (TPSA) is 41.6 Å². The third-order valence-corrected chi connectivity index (χ3v) is 5.55. The number of urea groups is 1. The second kappa shape index (κ2) is 9.98. The van der Waals surface area contributed by atoms with Crippen molar-refractivity contribution in [1.82, 2.24) is 4.90 Å². The highest BCUT2D eigenvalue weighted by Gasteiger charge is 2.22. The van der Waals surface area contributed by atoms with Crippen molar-refractivity contribution < 1.29 is 9.53 Å². The first-order valence-corrected chi connectivity index (χ1v) is 10.9. The van der Waals surface area contributed by atoms with E-state index in [-0.39, 0.29) is 6.03 Å². The number of nitrogens with zero attached hydrogens (tertiary/aromatic N) is 1. The summed E-state index contributed by atoms with van der Waals surface area (Å²) >= 11 is 0. The van der Waals surface area contributed by atoms with Gasteiger partial charge >= 0.3 is 6.03 Å². The van der Waals surface area contributed by atoms with E-state index in [0.29, 0.717) is 19.7 Å². The smallest absolute Gasteiger partial charge is 0.321 e. The van der Waals surface area contributed by atoms with E-state index in [1.54, 1.807) is 0 Å². The van der Waals surface area contributed by atoms with Crippen molar-refractivity contribution in [3.63, 3.8) is 0 Å². The number of hydrogen-bond acceptors (Lipinski definition) is 2. The van der Waals surface area contributed by atoms with Gasteiger partial charge in [-0.05, 0) is 60.7 Å². The molecule has 0 atom stereocenters. The zero-order valence-electron chi connectivity index (χ0n) is 17.9. The first kappa shape index (κ1) is 20.7. The van der Waals surface area contributed by atoms with Crippen LogP contribution < -0.4 is 10.1 Å². The van der Waals surface area contributed by atoms with Crippen molar-refractivity contribution in [2.24, 2.45) is 0 Å². The quantitative estimate of drug-likeness (QED) is 0.541. The average Bonchev–Trinajstić information content (AvgIpc) is 2.82. The van der Waals surface area contributed by atoms with Crippen molar-refractivity contribution in [2.45, 2.75) is 19.8 Å². The van der Waals surface area contributed by atoms with Crippen molar-refractivity contribution in [3.8, 4) is 5.75 Å². The van der Waals surface area contributed by atoms with Gasteiger partial charge in [-0.1, -0.05) is 66.2 Å². The van der Waals surface area contributed by atoms with Gasteiger partial charge in [0.1, 0.15) is 5.75 Å². The van der Waals surface area contributed by atoms with Gasteiger partial charge in [-0.15, -0.1) is 0 Å². The zero-order valence-corrected chi connectivity index (χ0v) is 17.9. The Morgan fingerprint density at radius 3 is 1.90 bits per heavy atom. The summed E-state index contributed by atoms with van der Waals surface area (Å²) in [5, 5.41) is 3.00. The summed E-state index contributed by atoms with van der Waals surface area (Å²) in [5.74, 6) is 0.808. The van der Waals surface area contributed by atoms with Crippen LogP contribution in [0.4, 0.5) is 10.5 Å². The molecule has 1 aliphatic heterocycles. The molecule has 1 fully saturated rings. The Morgan fingerprint density at radius 2 is 1.39 bits per heavy atom. The number of carbonyl (C=O) groups excluding carboxylic acids is 1. The van der Waals surface area contributed by atoms with Crippen LogP contribution >= 0.6 is 0 Å². The molecule has 0 saturated carbocycles. The van der Waals surface area contributed by atoms with Crippen molar-refractivity contribution in [1.29, 1.82) is 0 Å². The molecule has 0 aliphatic carbocycles. The minimum absolute atomic E-state index is 0.0517. The Morgan fingerprint density at radius 1 is 0.839 bits per heavy atom. The average molecular weight is 413 g/mol. The number of carbonyl (C=O) groups is 1. The SMILES string of the molecule is CCOc1ccc(NC(=O)N2CCC(=C(c3ccccc3)c3ccccc3)CC2)cc1. The molecule has 31 heavy (non-hydrogen) atoms. The minimum atomic E-state index is -0.0517. The van der Waals surface area contributed by atoms with Crippen LogP contribution in [0.5, 0.6) is 5.75 Å². The highest BCUT2D eigenvalue weighted by atomic mass is 16.5. The van der Waals surface area contributed by atoms with Crippen LogP contribution in [0.15, 0.2) is 90.5 Å². The number of ether oxygens (including phenoxy) is 1. The third kappa shape index (κ3) is 5.15. The highest BCUT2D eigenvalue weighted by molar-refractivity contribution is 5.90. The number of nitrogens with one attached hydrogen (secondary N) is 1. The maximum absolute atomic E-state index is 12.8. The maximum Gasteiger partial charge on any atom is 0.321 e. The summed E-state index contributed by atoms with van der Waals surface area (Å²) in [6.45, 7) is 4.00. The first-order valence-electron chi connectivity index (χ1n) is 10.9. The van der Waals surface area contributed by atoms with Gasteiger partial charge in [0, 0.05) is 18.8 Å². The molecule has 0 radical (unpaired) electrons. The van der Waals surface area contributed by atoms with Crippen molar-refractivity contribution in [2.75, 3.05) is 25.0 Å². The molecule has 158 valence electrons. The third-order valence-electron chi connectivity index (χ3n) is 5.55. The molecule has 1 heterocycles. The van der Waals surface area contributed by atoms with Crippen LogP contribution in [0.3, 0.4) is 0 Å². The van der Waals surface area contributed by atoms with Crippen LogP contribution in [-0.4, -0.2) is 30.6 Å². The lowest BCUT2D eigenvalue weighted by molar-refractivity contribution is 0.207. The van der Waals surface area contributed by atoms with Crippen LogP contribution in [-0.2, 0) is 0 Å². The van der Waals surface area contributed by atoms with Crippen molar-refractivity contribution >= 4 is 17.3 Å². The van der Waals surface area contributed by atoms with E-state index < -0.39 is 0 Å². The molecule has 1 saturated heterocycles. The first-order chi connectivity index (χ1) is 15.2. The van der Waals surface area contributed by atoms with Gasteiger partial charge in [0.2, 0.25) is 0 Å². The van der Waals surface area contributed by atoms with E-state index in [9.17, 15) is 4.79 Å². The van der Waals surface area contributed by atoms with Gasteiger partial charge in [0.15, 0.2) is 0 Å². The van der Waals surface area contributed by atoms with Crippen LogP contribution in [0.25, 0.3) is 5.57 Å². The molecule has 2 amide bonds. The molecule has 0 unspecified atom stereocenters. The lowest BCUT2D eigenvalue weighted by Crippen LogP contribution is -2.39.